The van der Waals surface area contributed by atoms with Crippen molar-refractivity contribution in [1.82, 2.24) is 20.5 Å². The zero-order valence-corrected chi connectivity index (χ0v) is 20.2. The van der Waals surface area contributed by atoms with E-state index in [-0.39, 0.29) is 36.4 Å². The van der Waals surface area contributed by atoms with Crippen LogP contribution in [0.5, 0.6) is 0 Å². The van der Waals surface area contributed by atoms with Gasteiger partial charge in [0.25, 0.3) is 0 Å². The number of hydrogen-bond donors (Lipinski definition) is 2. The number of nitrogens with one attached hydrogen (secondary N) is 2. The zero-order valence-electron chi connectivity index (χ0n) is 17.1. The van der Waals surface area contributed by atoms with Crippen molar-refractivity contribution in [2.24, 2.45) is 10.9 Å². The predicted molar refractivity (Wildman–Crippen MR) is 130 cm³/mol. The summed E-state index contributed by atoms with van der Waals surface area (Å²) in [7, 11) is 3.51. The third-order valence-corrected chi connectivity index (χ3v) is 5.28. The molecule has 1 aromatic rings. The fourth-order valence-electron chi connectivity index (χ4n) is 2.93. The maximum atomic E-state index is 11.8. The van der Waals surface area contributed by atoms with Gasteiger partial charge in [-0.05, 0) is 37.1 Å². The normalized spacial score (nSPS) is 15.0. The summed E-state index contributed by atoms with van der Waals surface area (Å²) in [6.07, 6.45) is 8.06. The second kappa shape index (κ2) is 13.9. The number of thioether (sulfide) groups is 1. The highest BCUT2D eigenvalue weighted by atomic mass is 127. The first-order valence-electron chi connectivity index (χ1n) is 9.46. The Balaban J connectivity index is 0.00000392. The Kier molecular flexibility index (Phi) is 12.3. The van der Waals surface area contributed by atoms with Gasteiger partial charge in [-0.25, -0.2) is 4.99 Å². The van der Waals surface area contributed by atoms with Crippen molar-refractivity contribution in [2.75, 3.05) is 63.7 Å². The molecule has 1 amide bonds. The number of aromatic nitrogens is 1. The molecule has 1 fully saturated rings. The number of nitrogens with zero attached hydrogens (tertiary/aromatic N) is 4. The summed E-state index contributed by atoms with van der Waals surface area (Å²) in [5.41, 5.74) is 1.25. The molecule has 1 aromatic heterocycles. The Morgan fingerprint density at radius 3 is 2.57 bits per heavy atom. The second-order valence-corrected chi connectivity index (χ2v) is 7.87. The molecule has 1 aliphatic rings. The first kappa shape index (κ1) is 24.8. The van der Waals surface area contributed by atoms with Crippen molar-refractivity contribution >= 4 is 53.3 Å². The lowest BCUT2D eigenvalue weighted by atomic mass is 9.96. The number of carbonyl (C=O) groups is 1. The van der Waals surface area contributed by atoms with Gasteiger partial charge >= 0.3 is 0 Å². The van der Waals surface area contributed by atoms with Gasteiger partial charge in [-0.15, -0.1) is 24.0 Å². The van der Waals surface area contributed by atoms with Gasteiger partial charge in [0.1, 0.15) is 6.54 Å². The van der Waals surface area contributed by atoms with Crippen molar-refractivity contribution < 1.29 is 4.79 Å². The molecule has 0 aromatic carbocycles. The first-order valence-corrected chi connectivity index (χ1v) is 10.9. The monoisotopic (exact) mass is 520 g/mol. The minimum absolute atomic E-state index is 0. The lowest BCUT2D eigenvalue weighted by Crippen LogP contribution is -2.44. The number of piperidine rings is 1. The average Bonchev–Trinajstić information content (AvgIpc) is 2.70. The maximum Gasteiger partial charge on any atom is 0.243 e. The van der Waals surface area contributed by atoms with Crippen molar-refractivity contribution in [2.45, 2.75) is 12.8 Å². The van der Waals surface area contributed by atoms with Gasteiger partial charge in [-0.3, -0.25) is 9.78 Å². The zero-order chi connectivity index (χ0) is 19.5. The third kappa shape index (κ3) is 8.85. The fourth-order valence-corrected chi connectivity index (χ4v) is 3.23. The summed E-state index contributed by atoms with van der Waals surface area (Å²) in [4.78, 5) is 24.3. The number of guanidine groups is 1. The highest BCUT2D eigenvalue weighted by molar-refractivity contribution is 14.0. The van der Waals surface area contributed by atoms with Crippen molar-refractivity contribution in [3.05, 3.63) is 24.5 Å². The van der Waals surface area contributed by atoms with Crippen molar-refractivity contribution in [3.63, 3.8) is 0 Å². The van der Waals surface area contributed by atoms with Crippen LogP contribution in [0.4, 0.5) is 5.69 Å². The van der Waals surface area contributed by atoms with Gasteiger partial charge in [-0.2, -0.15) is 11.8 Å². The summed E-state index contributed by atoms with van der Waals surface area (Å²) < 4.78 is 0. The van der Waals surface area contributed by atoms with Gasteiger partial charge in [0.15, 0.2) is 5.96 Å². The summed E-state index contributed by atoms with van der Waals surface area (Å²) in [5.74, 6) is 2.36. The van der Waals surface area contributed by atoms with Gasteiger partial charge in [0, 0.05) is 64.1 Å². The number of hydrogen-bond acceptors (Lipinski definition) is 5. The molecule has 2 heterocycles. The Hall–Kier alpha value is -1.23. The quantitative estimate of drug-likeness (QED) is 0.236. The predicted octanol–water partition coefficient (Wildman–Crippen LogP) is 1.90. The molecule has 158 valence electrons. The van der Waals surface area contributed by atoms with Gasteiger partial charge in [0.2, 0.25) is 5.91 Å². The van der Waals surface area contributed by atoms with E-state index in [0.717, 1.165) is 50.7 Å². The lowest BCUT2D eigenvalue weighted by molar-refractivity contribution is -0.127. The average molecular weight is 520 g/mol. The molecule has 0 spiro atoms. The van der Waals surface area contributed by atoms with E-state index in [4.69, 9.17) is 0 Å². The molecule has 1 aliphatic heterocycles. The van der Waals surface area contributed by atoms with E-state index in [9.17, 15) is 4.79 Å². The summed E-state index contributed by atoms with van der Waals surface area (Å²) in [6.45, 7) is 4.00. The number of rotatable bonds is 8. The lowest BCUT2D eigenvalue weighted by Gasteiger charge is -2.33. The highest BCUT2D eigenvalue weighted by Crippen LogP contribution is 2.22. The molecule has 0 radical (unpaired) electrons. The minimum atomic E-state index is 0. The standard InChI is InChI=1S/C19H32N6OS.HI/c1-24(2)18(26)15-23-19(21-10-13-27-3)22-14-16-6-11-25(12-7-16)17-4-8-20-9-5-17;/h4-5,8-9,16H,6-7,10-15H2,1-3H3,(H2,21,22,23);1H. The molecule has 7 nitrogen and oxygen atoms in total. The van der Waals surface area contributed by atoms with Crippen LogP contribution in [0, 0.1) is 5.92 Å². The Labute approximate surface area is 190 Å². The Morgan fingerprint density at radius 2 is 1.96 bits per heavy atom. The van der Waals surface area contributed by atoms with E-state index in [2.05, 4.69) is 43.9 Å². The van der Waals surface area contributed by atoms with E-state index in [1.807, 2.05) is 12.4 Å². The largest absolute Gasteiger partial charge is 0.371 e. The molecular formula is C19H33IN6OS. The molecule has 0 saturated carbocycles. The van der Waals surface area contributed by atoms with Crippen LogP contribution in [0.3, 0.4) is 0 Å². The number of carbonyl (C=O) groups excluding carboxylic acids is 1. The topological polar surface area (TPSA) is 72.9 Å². The number of likely N-dealkylation sites (N-methyl/N-ethyl adjacent to an activating group) is 1. The third-order valence-electron chi connectivity index (χ3n) is 4.67. The molecule has 0 aliphatic carbocycles. The maximum absolute atomic E-state index is 11.8. The van der Waals surface area contributed by atoms with E-state index in [1.54, 1.807) is 30.8 Å². The number of pyridine rings is 1. The molecule has 9 heteroatoms. The molecule has 0 bridgehead atoms. The SMILES string of the molecule is CSCCNC(=NCC(=O)N(C)C)NCC1CCN(c2ccncc2)CC1.I. The van der Waals surface area contributed by atoms with Crippen LogP contribution in [0.2, 0.25) is 0 Å². The van der Waals surface area contributed by atoms with E-state index < -0.39 is 0 Å². The van der Waals surface area contributed by atoms with Crippen LogP contribution >= 0.6 is 35.7 Å². The first-order chi connectivity index (χ1) is 13.1. The number of anilines is 1. The van der Waals surface area contributed by atoms with Gasteiger partial charge in [0.05, 0.1) is 0 Å². The van der Waals surface area contributed by atoms with Crippen LogP contribution in [0.1, 0.15) is 12.8 Å². The number of amides is 1. The van der Waals surface area contributed by atoms with E-state index in [0.29, 0.717) is 5.92 Å². The summed E-state index contributed by atoms with van der Waals surface area (Å²) in [5, 5.41) is 6.75. The summed E-state index contributed by atoms with van der Waals surface area (Å²) >= 11 is 1.79. The molecular weight excluding hydrogens is 487 g/mol. The van der Waals surface area contributed by atoms with Crippen molar-refractivity contribution in [3.8, 4) is 0 Å². The molecule has 2 N–H and O–H groups in total. The summed E-state index contributed by atoms with van der Waals surface area (Å²) in [6, 6.07) is 4.14. The molecule has 0 atom stereocenters. The Bertz CT molecular complexity index is 593. The van der Waals surface area contributed by atoms with Gasteiger partial charge < -0.3 is 20.4 Å². The minimum Gasteiger partial charge on any atom is -0.371 e. The van der Waals surface area contributed by atoms with Crippen LogP contribution in [-0.2, 0) is 4.79 Å². The van der Waals surface area contributed by atoms with Crippen molar-refractivity contribution in [1.29, 1.82) is 0 Å². The highest BCUT2D eigenvalue weighted by Gasteiger charge is 2.19. The number of halogens is 1. The van der Waals surface area contributed by atoms with E-state index in [1.165, 1.54) is 5.69 Å². The van der Waals surface area contributed by atoms with Crippen LogP contribution in [0.25, 0.3) is 0 Å². The van der Waals surface area contributed by atoms with Gasteiger partial charge in [-0.1, -0.05) is 0 Å². The van der Waals surface area contributed by atoms with Crippen LogP contribution < -0.4 is 15.5 Å². The molecule has 0 unspecified atom stereocenters. The fraction of sp³-hybridized carbons (Fsp3) is 0.632. The Morgan fingerprint density at radius 1 is 1.29 bits per heavy atom. The second-order valence-electron chi connectivity index (χ2n) is 6.89. The van der Waals surface area contributed by atoms with Crippen LogP contribution in [0.15, 0.2) is 29.5 Å². The molecule has 28 heavy (non-hydrogen) atoms. The van der Waals surface area contributed by atoms with Crippen LogP contribution in [-0.4, -0.2) is 80.6 Å². The smallest absolute Gasteiger partial charge is 0.243 e. The van der Waals surface area contributed by atoms with E-state index >= 15 is 0 Å². The number of aliphatic imine (C=N–C) groups is 1. The molecule has 1 saturated heterocycles. The molecule has 2 rings (SSSR count).